The maximum Gasteiger partial charge on any atom is 0.0653 e. The monoisotopic (exact) mass is 279 g/mol. The number of halogens is 3. The minimum absolute atomic E-state index is 0.486. The van der Waals surface area contributed by atoms with E-state index in [0.29, 0.717) is 21.0 Å². The van der Waals surface area contributed by atoms with Crippen LogP contribution in [-0.2, 0) is 0 Å². The summed E-state index contributed by atoms with van der Waals surface area (Å²) in [5.74, 6) is 0.658. The molecule has 1 aromatic rings. The third kappa shape index (κ3) is 3.73. The molecule has 0 heterocycles. The van der Waals surface area contributed by atoms with Crippen LogP contribution >= 0.6 is 34.8 Å². The highest BCUT2D eigenvalue weighted by molar-refractivity contribution is 6.44. The van der Waals surface area contributed by atoms with Crippen LogP contribution in [0.4, 0.5) is 5.69 Å². The van der Waals surface area contributed by atoms with Gasteiger partial charge in [-0.05, 0) is 18.1 Å². The topological polar surface area (TPSA) is 12.0 Å². The molecule has 0 aliphatic carbocycles. The van der Waals surface area contributed by atoms with Gasteiger partial charge >= 0.3 is 0 Å². The molecule has 4 heteroatoms. The van der Waals surface area contributed by atoms with Crippen LogP contribution in [0.2, 0.25) is 15.1 Å². The standard InChI is InChI=1S/C12H16Cl3N/c1-3-8(4-2)7-16-12-6-10(14)9(13)5-11(12)15/h5-6,8,16H,3-4,7H2,1-2H3. The van der Waals surface area contributed by atoms with Crippen LogP contribution in [-0.4, -0.2) is 6.54 Å². The van der Waals surface area contributed by atoms with Crippen molar-refractivity contribution in [3.63, 3.8) is 0 Å². The molecule has 90 valence electrons. The van der Waals surface area contributed by atoms with E-state index in [9.17, 15) is 0 Å². The van der Waals surface area contributed by atoms with Crippen molar-refractivity contribution in [3.05, 3.63) is 27.2 Å². The van der Waals surface area contributed by atoms with Crippen molar-refractivity contribution in [1.29, 1.82) is 0 Å². The Morgan fingerprint density at radius 1 is 1.00 bits per heavy atom. The third-order valence-corrected chi connectivity index (χ3v) is 3.78. The van der Waals surface area contributed by atoms with E-state index in [1.165, 1.54) is 0 Å². The lowest BCUT2D eigenvalue weighted by Crippen LogP contribution is -2.12. The first-order chi connectivity index (χ1) is 7.58. The van der Waals surface area contributed by atoms with Gasteiger partial charge < -0.3 is 5.32 Å². The summed E-state index contributed by atoms with van der Waals surface area (Å²) in [6.45, 7) is 5.28. The first kappa shape index (κ1) is 14.0. The Labute approximate surface area is 112 Å². The van der Waals surface area contributed by atoms with E-state index in [4.69, 9.17) is 34.8 Å². The molecule has 0 aliphatic heterocycles. The second kappa shape index (κ2) is 6.58. The Kier molecular flexibility index (Phi) is 5.74. The number of benzene rings is 1. The van der Waals surface area contributed by atoms with Crippen molar-refractivity contribution in [2.75, 3.05) is 11.9 Å². The molecule has 0 amide bonds. The summed E-state index contributed by atoms with van der Waals surface area (Å²) in [7, 11) is 0. The maximum absolute atomic E-state index is 6.07. The Hall–Kier alpha value is -0.110. The Balaban J connectivity index is 2.70. The van der Waals surface area contributed by atoms with Gasteiger partial charge in [-0.1, -0.05) is 61.5 Å². The van der Waals surface area contributed by atoms with E-state index in [1.807, 2.05) is 0 Å². The lowest BCUT2D eigenvalue weighted by atomic mass is 10.0. The molecule has 0 saturated heterocycles. The van der Waals surface area contributed by atoms with Crippen LogP contribution in [0.3, 0.4) is 0 Å². The molecule has 0 bridgehead atoms. The van der Waals surface area contributed by atoms with Gasteiger partial charge in [0.25, 0.3) is 0 Å². The zero-order valence-electron chi connectivity index (χ0n) is 9.49. The van der Waals surface area contributed by atoms with Crippen LogP contribution in [0.15, 0.2) is 12.1 Å². The van der Waals surface area contributed by atoms with Crippen LogP contribution in [0, 0.1) is 5.92 Å². The van der Waals surface area contributed by atoms with Crippen LogP contribution in [0.5, 0.6) is 0 Å². The Bertz CT molecular complexity index is 348. The third-order valence-electron chi connectivity index (χ3n) is 2.75. The van der Waals surface area contributed by atoms with Crippen molar-refractivity contribution in [3.8, 4) is 0 Å². The molecule has 1 rings (SSSR count). The number of anilines is 1. The number of hydrogen-bond donors (Lipinski definition) is 1. The Morgan fingerprint density at radius 2 is 1.56 bits per heavy atom. The van der Waals surface area contributed by atoms with E-state index < -0.39 is 0 Å². The van der Waals surface area contributed by atoms with Gasteiger partial charge in [-0.3, -0.25) is 0 Å². The molecule has 1 N–H and O–H groups in total. The van der Waals surface area contributed by atoms with Crippen molar-refractivity contribution < 1.29 is 0 Å². The van der Waals surface area contributed by atoms with Gasteiger partial charge in [0.2, 0.25) is 0 Å². The van der Waals surface area contributed by atoms with Crippen molar-refractivity contribution in [2.24, 2.45) is 5.92 Å². The van der Waals surface area contributed by atoms with Gasteiger partial charge in [-0.25, -0.2) is 0 Å². The van der Waals surface area contributed by atoms with Gasteiger partial charge in [-0.2, -0.15) is 0 Å². The summed E-state index contributed by atoms with van der Waals surface area (Å²) in [4.78, 5) is 0. The minimum Gasteiger partial charge on any atom is -0.384 e. The van der Waals surface area contributed by atoms with Gasteiger partial charge in [0.1, 0.15) is 0 Å². The highest BCUT2D eigenvalue weighted by Crippen LogP contribution is 2.32. The van der Waals surface area contributed by atoms with Crippen LogP contribution in [0.25, 0.3) is 0 Å². The maximum atomic E-state index is 6.07. The molecular weight excluding hydrogens is 264 g/mol. The normalized spacial score (nSPS) is 10.9. The number of rotatable bonds is 5. The fourth-order valence-corrected chi connectivity index (χ4v) is 2.10. The molecule has 0 atom stereocenters. The van der Waals surface area contributed by atoms with Gasteiger partial charge in [0.15, 0.2) is 0 Å². The molecule has 0 spiro atoms. The summed E-state index contributed by atoms with van der Waals surface area (Å²) in [6, 6.07) is 3.44. The highest BCUT2D eigenvalue weighted by Gasteiger charge is 2.08. The van der Waals surface area contributed by atoms with Crippen LogP contribution < -0.4 is 5.32 Å². The lowest BCUT2D eigenvalue weighted by molar-refractivity contribution is 0.519. The van der Waals surface area contributed by atoms with Crippen molar-refractivity contribution >= 4 is 40.5 Å². The molecule has 0 saturated carbocycles. The van der Waals surface area contributed by atoms with E-state index >= 15 is 0 Å². The van der Waals surface area contributed by atoms with E-state index in [2.05, 4.69) is 19.2 Å². The van der Waals surface area contributed by atoms with Crippen LogP contribution in [0.1, 0.15) is 26.7 Å². The van der Waals surface area contributed by atoms with Crippen molar-refractivity contribution in [1.82, 2.24) is 0 Å². The molecule has 0 aromatic heterocycles. The highest BCUT2D eigenvalue weighted by atomic mass is 35.5. The fraction of sp³-hybridized carbons (Fsp3) is 0.500. The van der Waals surface area contributed by atoms with E-state index in [-0.39, 0.29) is 0 Å². The molecule has 1 aromatic carbocycles. The summed E-state index contributed by atoms with van der Waals surface area (Å²) in [5.41, 5.74) is 0.850. The lowest BCUT2D eigenvalue weighted by Gasteiger charge is -2.15. The van der Waals surface area contributed by atoms with Crippen molar-refractivity contribution in [2.45, 2.75) is 26.7 Å². The molecule has 16 heavy (non-hydrogen) atoms. The fourth-order valence-electron chi connectivity index (χ4n) is 1.49. The summed E-state index contributed by atoms with van der Waals surface area (Å²) in [5, 5.41) is 4.93. The quantitative estimate of drug-likeness (QED) is 0.703. The zero-order valence-corrected chi connectivity index (χ0v) is 11.8. The predicted molar refractivity (Wildman–Crippen MR) is 74.0 cm³/mol. The van der Waals surface area contributed by atoms with Gasteiger partial charge in [0.05, 0.1) is 20.8 Å². The average Bonchev–Trinajstić information content (AvgIpc) is 2.26. The molecule has 0 unspecified atom stereocenters. The largest absolute Gasteiger partial charge is 0.384 e. The smallest absolute Gasteiger partial charge is 0.0653 e. The molecule has 0 fully saturated rings. The average molecular weight is 281 g/mol. The first-order valence-corrected chi connectivity index (χ1v) is 6.60. The number of hydrogen-bond acceptors (Lipinski definition) is 1. The molecular formula is C12H16Cl3N. The van der Waals surface area contributed by atoms with Gasteiger partial charge in [0, 0.05) is 6.54 Å². The SMILES string of the molecule is CCC(CC)CNc1cc(Cl)c(Cl)cc1Cl. The second-order valence-corrected chi connectivity index (χ2v) is 5.03. The molecule has 1 nitrogen and oxygen atoms in total. The molecule has 0 radical (unpaired) electrons. The first-order valence-electron chi connectivity index (χ1n) is 5.46. The van der Waals surface area contributed by atoms with Gasteiger partial charge in [-0.15, -0.1) is 0 Å². The predicted octanol–water partition coefficient (Wildman–Crippen LogP) is 5.49. The van der Waals surface area contributed by atoms with E-state index in [0.717, 1.165) is 25.1 Å². The molecule has 0 aliphatic rings. The summed E-state index contributed by atoms with van der Waals surface area (Å²) < 4.78 is 0. The Morgan fingerprint density at radius 3 is 2.12 bits per heavy atom. The summed E-state index contributed by atoms with van der Waals surface area (Å²) >= 11 is 17.9. The zero-order chi connectivity index (χ0) is 12.1. The minimum atomic E-state index is 0.486. The second-order valence-electron chi connectivity index (χ2n) is 3.81. The van der Waals surface area contributed by atoms with E-state index in [1.54, 1.807) is 12.1 Å². The number of nitrogens with one attached hydrogen (secondary N) is 1. The summed E-state index contributed by atoms with van der Waals surface area (Å²) in [6.07, 6.45) is 2.31.